The van der Waals surface area contributed by atoms with Crippen LogP contribution in [0.15, 0.2) is 0 Å². The van der Waals surface area contributed by atoms with Crippen LogP contribution in [-0.2, 0) is 19.1 Å². The standard InChI is InChI=1S/C12H17NO5/c1-6(2)4-11-8-12(16,9(15)13-11)7(14)5-10(3,17-8)18-11/h6,8,16H,4-5H2,1-3H3,(H,13,15)/t8-,10+,11+,12+/m1/s1. The Bertz CT molecular complexity index is 450. The monoisotopic (exact) mass is 255 g/mol. The molecular formula is C12H17NO5. The zero-order valence-electron chi connectivity index (χ0n) is 10.6. The van der Waals surface area contributed by atoms with Gasteiger partial charge < -0.3 is 19.9 Å². The number of hydrogen-bond acceptors (Lipinski definition) is 5. The quantitative estimate of drug-likeness (QED) is 0.661. The number of Topliss-reactive ketones (excluding diaryl/α,β-unsaturated/α-hetero) is 1. The third-order valence-corrected chi connectivity index (χ3v) is 3.86. The van der Waals surface area contributed by atoms with Gasteiger partial charge in [0, 0.05) is 6.42 Å². The lowest BCUT2D eigenvalue weighted by Crippen LogP contribution is -2.59. The van der Waals surface area contributed by atoms with Gasteiger partial charge in [-0.25, -0.2) is 0 Å². The molecule has 18 heavy (non-hydrogen) atoms. The lowest BCUT2D eigenvalue weighted by Gasteiger charge is -2.34. The molecule has 0 aromatic heterocycles. The Labute approximate surface area is 105 Å². The van der Waals surface area contributed by atoms with E-state index in [9.17, 15) is 14.7 Å². The number of nitrogens with one attached hydrogen (secondary N) is 1. The molecule has 3 saturated heterocycles. The van der Waals surface area contributed by atoms with Crippen molar-refractivity contribution in [2.75, 3.05) is 0 Å². The Morgan fingerprint density at radius 3 is 2.78 bits per heavy atom. The first-order valence-corrected chi connectivity index (χ1v) is 6.18. The van der Waals surface area contributed by atoms with Crippen LogP contribution >= 0.6 is 0 Å². The summed E-state index contributed by atoms with van der Waals surface area (Å²) in [5.74, 6) is -2.05. The number of hydrogen-bond donors (Lipinski definition) is 2. The van der Waals surface area contributed by atoms with E-state index in [0.29, 0.717) is 6.42 Å². The first-order valence-electron chi connectivity index (χ1n) is 6.18. The topological polar surface area (TPSA) is 84.9 Å². The molecule has 0 radical (unpaired) electrons. The largest absolute Gasteiger partial charge is 0.371 e. The van der Waals surface area contributed by atoms with Crippen molar-refractivity contribution in [3.8, 4) is 0 Å². The third-order valence-electron chi connectivity index (χ3n) is 3.86. The number of rotatable bonds is 2. The molecule has 0 spiro atoms. The summed E-state index contributed by atoms with van der Waals surface area (Å²) < 4.78 is 11.5. The minimum Gasteiger partial charge on any atom is -0.371 e. The number of ether oxygens (including phenoxy) is 2. The Hall–Kier alpha value is -0.980. The van der Waals surface area contributed by atoms with E-state index in [0.717, 1.165) is 0 Å². The number of carbonyl (C=O) groups excluding carboxylic acids is 2. The molecule has 2 N–H and O–H groups in total. The molecule has 3 aliphatic heterocycles. The fraction of sp³-hybridized carbons (Fsp3) is 0.833. The molecule has 0 unspecified atom stereocenters. The van der Waals surface area contributed by atoms with E-state index in [2.05, 4.69) is 5.32 Å². The van der Waals surface area contributed by atoms with Gasteiger partial charge in [-0.1, -0.05) is 13.8 Å². The zero-order chi connectivity index (χ0) is 13.3. The Morgan fingerprint density at radius 2 is 2.17 bits per heavy atom. The van der Waals surface area contributed by atoms with Crippen LogP contribution in [0.3, 0.4) is 0 Å². The maximum atomic E-state index is 12.0. The number of aliphatic hydroxyl groups is 1. The highest BCUT2D eigenvalue weighted by atomic mass is 16.8. The van der Waals surface area contributed by atoms with Gasteiger partial charge in [0.2, 0.25) is 5.60 Å². The summed E-state index contributed by atoms with van der Waals surface area (Å²) in [5, 5.41) is 13.0. The third kappa shape index (κ3) is 1.23. The first kappa shape index (κ1) is 12.1. The minimum atomic E-state index is -2.09. The summed E-state index contributed by atoms with van der Waals surface area (Å²) in [6.07, 6.45) is -0.562. The maximum absolute atomic E-state index is 12.0. The van der Waals surface area contributed by atoms with Crippen LogP contribution in [-0.4, -0.2) is 40.0 Å². The lowest BCUT2D eigenvalue weighted by molar-refractivity contribution is -0.223. The average molecular weight is 255 g/mol. The number of amides is 1. The molecule has 0 aliphatic carbocycles. The van der Waals surface area contributed by atoms with Crippen LogP contribution in [0, 0.1) is 5.92 Å². The van der Waals surface area contributed by atoms with Crippen LogP contribution in [0.2, 0.25) is 0 Å². The van der Waals surface area contributed by atoms with Crippen LogP contribution in [0.1, 0.15) is 33.6 Å². The fourth-order valence-corrected chi connectivity index (χ4v) is 3.31. The van der Waals surface area contributed by atoms with E-state index in [1.807, 2.05) is 13.8 Å². The summed E-state index contributed by atoms with van der Waals surface area (Å²) in [4.78, 5) is 23.9. The normalized spacial score (nSPS) is 49.9. The molecular weight excluding hydrogens is 238 g/mol. The van der Waals surface area contributed by atoms with Gasteiger partial charge >= 0.3 is 0 Å². The number of fused-ring (bicyclic) bond motifs is 1. The number of carbonyl (C=O) groups is 2. The van der Waals surface area contributed by atoms with Gasteiger partial charge in [-0.05, 0) is 12.8 Å². The maximum Gasteiger partial charge on any atom is 0.265 e. The van der Waals surface area contributed by atoms with Crippen molar-refractivity contribution in [1.82, 2.24) is 5.32 Å². The zero-order valence-corrected chi connectivity index (χ0v) is 10.6. The van der Waals surface area contributed by atoms with Crippen molar-refractivity contribution in [2.24, 2.45) is 5.92 Å². The molecule has 3 heterocycles. The van der Waals surface area contributed by atoms with Crippen LogP contribution in [0.25, 0.3) is 0 Å². The molecule has 1 amide bonds. The molecule has 0 saturated carbocycles. The van der Waals surface area contributed by atoms with Gasteiger partial charge in [-0.3, -0.25) is 9.59 Å². The van der Waals surface area contributed by atoms with Gasteiger partial charge in [0.25, 0.3) is 5.91 Å². The SMILES string of the molecule is CC(C)C[C@@]12NC(=O)[C@]3(O)C(=O)C[C@@](C)(O[C@@H]31)O2. The van der Waals surface area contributed by atoms with E-state index in [-0.39, 0.29) is 12.3 Å². The van der Waals surface area contributed by atoms with Gasteiger partial charge in [-0.2, -0.15) is 0 Å². The van der Waals surface area contributed by atoms with Gasteiger partial charge in [0.15, 0.2) is 23.4 Å². The van der Waals surface area contributed by atoms with Crippen molar-refractivity contribution in [3.63, 3.8) is 0 Å². The molecule has 0 aromatic carbocycles. The Kier molecular flexibility index (Phi) is 2.09. The first-order chi connectivity index (χ1) is 8.22. The molecule has 100 valence electrons. The van der Waals surface area contributed by atoms with Crippen molar-refractivity contribution < 1.29 is 24.2 Å². The second-order valence-electron chi connectivity index (χ2n) is 6.04. The number of ketones is 1. The predicted octanol–water partition coefficient (Wildman–Crippen LogP) is -0.306. The van der Waals surface area contributed by atoms with Gasteiger partial charge in [0.05, 0.1) is 6.42 Å². The molecule has 4 atom stereocenters. The summed E-state index contributed by atoms with van der Waals surface area (Å²) in [6.45, 7) is 5.62. The minimum absolute atomic E-state index is 0.104. The van der Waals surface area contributed by atoms with E-state index < -0.39 is 34.9 Å². The Balaban J connectivity index is 2.09. The molecule has 6 nitrogen and oxygen atoms in total. The molecule has 6 heteroatoms. The molecule has 3 aliphatic rings. The second-order valence-corrected chi connectivity index (χ2v) is 6.04. The highest BCUT2D eigenvalue weighted by Crippen LogP contribution is 2.52. The molecule has 3 rings (SSSR count). The van der Waals surface area contributed by atoms with Crippen molar-refractivity contribution in [3.05, 3.63) is 0 Å². The highest BCUT2D eigenvalue weighted by molar-refractivity contribution is 6.13. The van der Waals surface area contributed by atoms with Crippen LogP contribution < -0.4 is 5.32 Å². The summed E-state index contributed by atoms with van der Waals surface area (Å²) in [5.41, 5.74) is -3.17. The second kappa shape index (κ2) is 3.12. The van der Waals surface area contributed by atoms with E-state index in [4.69, 9.17) is 9.47 Å². The van der Waals surface area contributed by atoms with E-state index >= 15 is 0 Å². The van der Waals surface area contributed by atoms with Crippen molar-refractivity contribution in [1.29, 1.82) is 0 Å². The van der Waals surface area contributed by atoms with Crippen molar-refractivity contribution >= 4 is 11.7 Å². The van der Waals surface area contributed by atoms with Gasteiger partial charge in [0.1, 0.15) is 0 Å². The average Bonchev–Trinajstić information content (AvgIpc) is 2.54. The molecule has 3 fully saturated rings. The van der Waals surface area contributed by atoms with E-state index in [1.165, 1.54) is 0 Å². The fourth-order valence-electron chi connectivity index (χ4n) is 3.31. The lowest BCUT2D eigenvalue weighted by atomic mass is 9.83. The van der Waals surface area contributed by atoms with E-state index in [1.54, 1.807) is 6.92 Å². The van der Waals surface area contributed by atoms with Crippen LogP contribution in [0.5, 0.6) is 0 Å². The smallest absolute Gasteiger partial charge is 0.265 e. The van der Waals surface area contributed by atoms with Crippen LogP contribution in [0.4, 0.5) is 0 Å². The summed E-state index contributed by atoms with van der Waals surface area (Å²) >= 11 is 0. The summed E-state index contributed by atoms with van der Waals surface area (Å²) in [6, 6.07) is 0. The Morgan fingerprint density at radius 1 is 1.50 bits per heavy atom. The highest BCUT2D eigenvalue weighted by Gasteiger charge is 2.77. The predicted molar refractivity (Wildman–Crippen MR) is 59.3 cm³/mol. The molecule has 2 bridgehead atoms. The van der Waals surface area contributed by atoms with Gasteiger partial charge in [-0.15, -0.1) is 0 Å². The summed E-state index contributed by atoms with van der Waals surface area (Å²) in [7, 11) is 0. The molecule has 0 aromatic rings. The van der Waals surface area contributed by atoms with Crippen molar-refractivity contribution in [2.45, 2.75) is 56.8 Å².